The van der Waals surface area contributed by atoms with E-state index in [9.17, 15) is 0 Å². The van der Waals surface area contributed by atoms with Crippen molar-refractivity contribution in [2.45, 2.75) is 24.8 Å². The average molecular weight is 280 g/mol. The molecule has 0 radical (unpaired) electrons. The third kappa shape index (κ3) is 2.42. The Labute approximate surface area is 117 Å². The smallest absolute Gasteiger partial charge is 0.152 e. The zero-order chi connectivity index (χ0) is 13.2. The molecule has 2 aromatic heterocycles. The fourth-order valence-corrected chi connectivity index (χ4v) is 2.67. The normalized spacial score (nSPS) is 15.1. The van der Waals surface area contributed by atoms with Crippen LogP contribution in [0.3, 0.4) is 0 Å². The van der Waals surface area contributed by atoms with Crippen LogP contribution in [0.5, 0.6) is 0 Å². The molecule has 5 heteroatoms. The number of ether oxygens (including phenoxy) is 1. The van der Waals surface area contributed by atoms with Crippen LogP contribution >= 0.6 is 11.6 Å². The van der Waals surface area contributed by atoms with Crippen molar-refractivity contribution in [1.82, 2.24) is 9.38 Å². The number of anilines is 1. The summed E-state index contributed by atoms with van der Waals surface area (Å²) in [6, 6.07) is 6.62. The molecule has 0 aromatic carbocycles. The van der Waals surface area contributed by atoms with E-state index in [2.05, 4.69) is 9.30 Å². The summed E-state index contributed by atoms with van der Waals surface area (Å²) in [6.07, 6.45) is 4.49. The second-order valence-electron chi connectivity index (χ2n) is 4.86. The Bertz CT molecular complexity index is 565. The third-order valence-corrected chi connectivity index (χ3v) is 3.78. The van der Waals surface area contributed by atoms with E-state index in [1.807, 2.05) is 24.4 Å². The molecule has 3 rings (SSSR count). The molecule has 2 aromatic rings. The number of nitrogens with zero attached hydrogens (tertiary/aromatic N) is 3. The van der Waals surface area contributed by atoms with Gasteiger partial charge in [0.2, 0.25) is 0 Å². The number of alkyl halides is 1. The summed E-state index contributed by atoms with van der Waals surface area (Å²) in [5.74, 6) is 1.48. The first-order valence-corrected chi connectivity index (χ1v) is 7.16. The van der Waals surface area contributed by atoms with Crippen molar-refractivity contribution in [3.63, 3.8) is 0 Å². The van der Waals surface area contributed by atoms with E-state index in [-0.39, 0.29) is 0 Å². The Morgan fingerprint density at radius 2 is 2.32 bits per heavy atom. The van der Waals surface area contributed by atoms with Crippen LogP contribution in [0.2, 0.25) is 0 Å². The van der Waals surface area contributed by atoms with Gasteiger partial charge in [0.15, 0.2) is 5.82 Å². The largest absolute Gasteiger partial charge is 0.383 e. The molecule has 0 unspecified atom stereocenters. The van der Waals surface area contributed by atoms with Crippen molar-refractivity contribution in [1.29, 1.82) is 0 Å². The lowest BCUT2D eigenvalue weighted by Crippen LogP contribution is -2.30. The summed E-state index contributed by atoms with van der Waals surface area (Å²) in [6.45, 7) is 1.58. The molecule has 1 saturated carbocycles. The van der Waals surface area contributed by atoms with Gasteiger partial charge in [-0.05, 0) is 25.0 Å². The molecule has 0 aliphatic heterocycles. The molecule has 2 heterocycles. The lowest BCUT2D eigenvalue weighted by molar-refractivity contribution is 0.204. The highest BCUT2D eigenvalue weighted by atomic mass is 35.5. The Hall–Kier alpha value is -1.26. The van der Waals surface area contributed by atoms with Crippen LogP contribution in [0.4, 0.5) is 5.82 Å². The fourth-order valence-electron chi connectivity index (χ4n) is 2.43. The van der Waals surface area contributed by atoms with E-state index in [4.69, 9.17) is 21.3 Å². The van der Waals surface area contributed by atoms with Crippen molar-refractivity contribution in [3.05, 3.63) is 30.1 Å². The SMILES string of the molecule is COCCN(c1nc2ccccn2c1CCl)C1CC1. The number of imidazole rings is 1. The second kappa shape index (κ2) is 5.39. The maximum atomic E-state index is 6.14. The standard InChI is InChI=1S/C14H18ClN3O/c1-19-9-8-17(11-5-6-11)14-12(10-15)18-7-3-2-4-13(18)16-14/h2-4,7,11H,5-6,8-10H2,1H3. The van der Waals surface area contributed by atoms with Crippen LogP contribution in [-0.4, -0.2) is 35.7 Å². The van der Waals surface area contributed by atoms with Crippen LogP contribution in [-0.2, 0) is 10.6 Å². The molecule has 19 heavy (non-hydrogen) atoms. The maximum absolute atomic E-state index is 6.14. The summed E-state index contributed by atoms with van der Waals surface area (Å²) in [5.41, 5.74) is 2.02. The predicted molar refractivity (Wildman–Crippen MR) is 77.0 cm³/mol. The van der Waals surface area contributed by atoms with Crippen LogP contribution in [0.1, 0.15) is 18.5 Å². The van der Waals surface area contributed by atoms with Crippen molar-refractivity contribution < 1.29 is 4.74 Å². The van der Waals surface area contributed by atoms with Gasteiger partial charge in [-0.25, -0.2) is 4.98 Å². The maximum Gasteiger partial charge on any atom is 0.152 e. The van der Waals surface area contributed by atoms with Crippen molar-refractivity contribution >= 4 is 23.1 Å². The molecule has 0 saturated heterocycles. The molecule has 1 aliphatic rings. The fraction of sp³-hybridized carbons (Fsp3) is 0.500. The van der Waals surface area contributed by atoms with Crippen LogP contribution in [0, 0.1) is 0 Å². The summed E-state index contributed by atoms with van der Waals surface area (Å²) in [7, 11) is 1.73. The summed E-state index contributed by atoms with van der Waals surface area (Å²) >= 11 is 6.14. The van der Waals surface area contributed by atoms with Gasteiger partial charge in [-0.1, -0.05) is 6.07 Å². The van der Waals surface area contributed by atoms with E-state index >= 15 is 0 Å². The Morgan fingerprint density at radius 3 is 3.00 bits per heavy atom. The topological polar surface area (TPSA) is 29.8 Å². The highest BCUT2D eigenvalue weighted by Gasteiger charge is 2.32. The number of pyridine rings is 1. The molecule has 0 amide bonds. The van der Waals surface area contributed by atoms with Crippen molar-refractivity contribution in [2.75, 3.05) is 25.2 Å². The number of aromatic nitrogens is 2. The first-order chi connectivity index (χ1) is 9.35. The monoisotopic (exact) mass is 279 g/mol. The number of rotatable bonds is 6. The van der Waals surface area contributed by atoms with Gasteiger partial charge in [0, 0.05) is 25.9 Å². The Morgan fingerprint density at radius 1 is 1.47 bits per heavy atom. The number of halogens is 1. The highest BCUT2D eigenvalue weighted by Crippen LogP contribution is 2.33. The predicted octanol–water partition coefficient (Wildman–Crippen LogP) is 2.69. The highest BCUT2D eigenvalue weighted by molar-refractivity contribution is 6.17. The van der Waals surface area contributed by atoms with Crippen LogP contribution < -0.4 is 4.90 Å². The Kier molecular flexibility index (Phi) is 3.62. The van der Waals surface area contributed by atoms with Gasteiger partial charge < -0.3 is 14.0 Å². The minimum atomic E-state index is 0.469. The van der Waals surface area contributed by atoms with E-state index in [0.29, 0.717) is 18.5 Å². The van der Waals surface area contributed by atoms with Gasteiger partial charge in [-0.2, -0.15) is 0 Å². The van der Waals surface area contributed by atoms with Gasteiger partial charge >= 0.3 is 0 Å². The number of fused-ring (bicyclic) bond motifs is 1. The molecular formula is C14H18ClN3O. The van der Waals surface area contributed by atoms with Crippen LogP contribution in [0.15, 0.2) is 24.4 Å². The van der Waals surface area contributed by atoms with E-state index < -0.39 is 0 Å². The average Bonchev–Trinajstić information content (AvgIpc) is 3.20. The molecule has 0 spiro atoms. The first kappa shape index (κ1) is 12.8. The summed E-state index contributed by atoms with van der Waals surface area (Å²) in [5, 5.41) is 0. The quantitative estimate of drug-likeness (QED) is 0.762. The van der Waals surface area contributed by atoms with Gasteiger partial charge in [0.05, 0.1) is 18.2 Å². The molecule has 0 atom stereocenters. The molecule has 1 fully saturated rings. The zero-order valence-corrected chi connectivity index (χ0v) is 11.8. The second-order valence-corrected chi connectivity index (χ2v) is 5.13. The molecule has 0 N–H and O–H groups in total. The third-order valence-electron chi connectivity index (χ3n) is 3.53. The molecular weight excluding hydrogens is 262 g/mol. The molecule has 1 aliphatic carbocycles. The number of hydrogen-bond donors (Lipinski definition) is 0. The van der Waals surface area contributed by atoms with Crippen molar-refractivity contribution in [2.24, 2.45) is 0 Å². The Balaban J connectivity index is 2.01. The van der Waals surface area contributed by atoms with E-state index in [1.54, 1.807) is 7.11 Å². The summed E-state index contributed by atoms with van der Waals surface area (Å²) in [4.78, 5) is 7.09. The van der Waals surface area contributed by atoms with Gasteiger partial charge in [-0.15, -0.1) is 11.6 Å². The minimum absolute atomic E-state index is 0.469. The lowest BCUT2D eigenvalue weighted by Gasteiger charge is -2.22. The summed E-state index contributed by atoms with van der Waals surface area (Å²) < 4.78 is 7.28. The zero-order valence-electron chi connectivity index (χ0n) is 11.1. The lowest BCUT2D eigenvalue weighted by atomic mass is 10.4. The number of hydrogen-bond acceptors (Lipinski definition) is 3. The van der Waals surface area contributed by atoms with Gasteiger partial charge in [-0.3, -0.25) is 0 Å². The molecule has 4 nitrogen and oxygen atoms in total. The van der Waals surface area contributed by atoms with E-state index in [1.165, 1.54) is 12.8 Å². The van der Waals surface area contributed by atoms with Crippen LogP contribution in [0.25, 0.3) is 5.65 Å². The molecule has 102 valence electrons. The first-order valence-electron chi connectivity index (χ1n) is 6.62. The minimum Gasteiger partial charge on any atom is -0.383 e. The van der Waals surface area contributed by atoms with Gasteiger partial charge in [0.25, 0.3) is 0 Å². The van der Waals surface area contributed by atoms with Gasteiger partial charge in [0.1, 0.15) is 5.65 Å². The van der Waals surface area contributed by atoms with E-state index in [0.717, 1.165) is 23.7 Å². The van der Waals surface area contributed by atoms with Crippen molar-refractivity contribution in [3.8, 4) is 0 Å². The number of methoxy groups -OCH3 is 1. The molecule has 0 bridgehead atoms.